The molecule has 0 aromatic heterocycles. The average Bonchev–Trinajstić information content (AvgIpc) is 3.13. The zero-order chi connectivity index (χ0) is 21.7. The van der Waals surface area contributed by atoms with Crippen molar-refractivity contribution in [2.45, 2.75) is 75.4 Å². The molecule has 32 heavy (non-hydrogen) atoms. The fraction of sp³-hybridized carbons (Fsp3) is 0.692. The van der Waals surface area contributed by atoms with E-state index in [0.717, 1.165) is 55.2 Å². The number of hydrogen-bond acceptors (Lipinski definition) is 3. The predicted molar refractivity (Wildman–Crippen MR) is 128 cm³/mol. The van der Waals surface area contributed by atoms with Crippen LogP contribution in [0.2, 0.25) is 0 Å². The molecule has 6 heteroatoms. The summed E-state index contributed by atoms with van der Waals surface area (Å²) in [6.45, 7) is 2.34. The SMILES string of the molecule is O=C1OCC(Cc2ccccc2)N1C1CCN(C(=S)NC23CC4CC(CC(C4)C2)C3)CC1. The van der Waals surface area contributed by atoms with Gasteiger partial charge in [-0.05, 0) is 93.3 Å². The van der Waals surface area contributed by atoms with Crippen molar-refractivity contribution in [3.05, 3.63) is 35.9 Å². The lowest BCUT2D eigenvalue weighted by molar-refractivity contribution is -0.0115. The van der Waals surface area contributed by atoms with Gasteiger partial charge >= 0.3 is 6.09 Å². The van der Waals surface area contributed by atoms with E-state index in [4.69, 9.17) is 17.0 Å². The Hall–Kier alpha value is -1.82. The van der Waals surface area contributed by atoms with E-state index in [1.54, 1.807) is 0 Å². The number of hydrogen-bond donors (Lipinski definition) is 1. The maximum atomic E-state index is 12.6. The van der Waals surface area contributed by atoms with Crippen LogP contribution in [0, 0.1) is 17.8 Å². The van der Waals surface area contributed by atoms with Gasteiger partial charge in [0.2, 0.25) is 0 Å². The van der Waals surface area contributed by atoms with Crippen LogP contribution in [0.4, 0.5) is 4.79 Å². The molecule has 5 nitrogen and oxygen atoms in total. The van der Waals surface area contributed by atoms with Crippen LogP contribution in [0.25, 0.3) is 0 Å². The molecule has 7 rings (SSSR count). The molecule has 2 heterocycles. The second kappa shape index (κ2) is 8.19. The molecule has 4 bridgehead atoms. The zero-order valence-corrected chi connectivity index (χ0v) is 19.7. The predicted octanol–water partition coefficient (Wildman–Crippen LogP) is 4.36. The number of carbonyl (C=O) groups is 1. The molecular formula is C26H35N3O2S. The van der Waals surface area contributed by atoms with Gasteiger partial charge in [-0.25, -0.2) is 4.79 Å². The van der Waals surface area contributed by atoms with E-state index in [1.807, 2.05) is 11.0 Å². The van der Waals surface area contributed by atoms with Crippen molar-refractivity contribution in [2.75, 3.05) is 19.7 Å². The smallest absolute Gasteiger partial charge is 0.410 e. The third-order valence-electron chi connectivity index (χ3n) is 8.87. The van der Waals surface area contributed by atoms with E-state index in [2.05, 4.69) is 34.5 Å². The van der Waals surface area contributed by atoms with E-state index in [9.17, 15) is 4.79 Å². The van der Waals surface area contributed by atoms with Gasteiger partial charge in [0.25, 0.3) is 0 Å². The quantitative estimate of drug-likeness (QED) is 0.687. The van der Waals surface area contributed by atoms with Gasteiger partial charge in [-0.3, -0.25) is 4.90 Å². The second-order valence-corrected chi connectivity index (χ2v) is 11.6. The van der Waals surface area contributed by atoms with Gasteiger partial charge in [0.1, 0.15) is 6.61 Å². The number of thiocarbonyl (C=S) groups is 1. The molecule has 0 radical (unpaired) electrons. The topological polar surface area (TPSA) is 44.8 Å². The zero-order valence-electron chi connectivity index (χ0n) is 18.9. The highest BCUT2D eigenvalue weighted by atomic mass is 32.1. The molecule has 4 aliphatic carbocycles. The summed E-state index contributed by atoms with van der Waals surface area (Å²) in [4.78, 5) is 16.9. The standard InChI is InChI=1S/C26H35N3O2S/c30-25-29(23(17-31-25)13-18-4-2-1-3-5-18)22-6-8-28(9-7-22)24(32)27-26-14-19-10-20(15-26)12-21(11-19)16-26/h1-5,19-23H,6-17H2,(H,27,32). The number of cyclic esters (lactones) is 1. The lowest BCUT2D eigenvalue weighted by atomic mass is 9.53. The fourth-order valence-corrected chi connectivity index (χ4v) is 8.28. The highest BCUT2D eigenvalue weighted by Gasteiger charge is 2.51. The number of benzene rings is 1. The summed E-state index contributed by atoms with van der Waals surface area (Å²) in [5, 5.41) is 4.83. The molecule has 2 saturated heterocycles. The summed E-state index contributed by atoms with van der Waals surface area (Å²) in [5.41, 5.74) is 1.53. The van der Waals surface area contributed by atoms with Crippen molar-refractivity contribution in [3.63, 3.8) is 0 Å². The van der Waals surface area contributed by atoms with Crippen LogP contribution in [0.5, 0.6) is 0 Å². The van der Waals surface area contributed by atoms with Gasteiger partial charge < -0.3 is 15.0 Å². The molecule has 1 aromatic rings. The van der Waals surface area contributed by atoms with Crippen molar-refractivity contribution >= 4 is 23.4 Å². The van der Waals surface area contributed by atoms with Crippen molar-refractivity contribution in [3.8, 4) is 0 Å². The van der Waals surface area contributed by atoms with E-state index in [0.29, 0.717) is 6.61 Å². The summed E-state index contributed by atoms with van der Waals surface area (Å²) in [6.07, 6.45) is 11.0. The van der Waals surface area contributed by atoms with E-state index < -0.39 is 0 Å². The van der Waals surface area contributed by atoms with Gasteiger partial charge in [0, 0.05) is 24.7 Å². The minimum atomic E-state index is -0.140. The Labute approximate surface area is 196 Å². The number of likely N-dealkylation sites (tertiary alicyclic amines) is 1. The van der Waals surface area contributed by atoms with Gasteiger partial charge in [0.15, 0.2) is 5.11 Å². The largest absolute Gasteiger partial charge is 0.447 e. The van der Waals surface area contributed by atoms with E-state index in [1.165, 1.54) is 44.1 Å². The lowest BCUT2D eigenvalue weighted by Gasteiger charge is -2.57. The normalized spacial score (nSPS) is 36.4. The molecule has 0 spiro atoms. The minimum absolute atomic E-state index is 0.138. The summed E-state index contributed by atoms with van der Waals surface area (Å²) in [5.74, 6) is 2.76. The van der Waals surface area contributed by atoms with Crippen molar-refractivity contribution in [2.24, 2.45) is 17.8 Å². The first kappa shape index (κ1) is 20.8. The molecule has 1 amide bonds. The van der Waals surface area contributed by atoms with Gasteiger partial charge in [-0.2, -0.15) is 0 Å². The number of ether oxygens (including phenoxy) is 1. The Balaban J connectivity index is 1.06. The molecule has 4 saturated carbocycles. The maximum Gasteiger partial charge on any atom is 0.410 e. The number of piperidine rings is 1. The Bertz CT molecular complexity index is 832. The third-order valence-corrected chi connectivity index (χ3v) is 9.23. The van der Waals surface area contributed by atoms with Crippen LogP contribution in [0.15, 0.2) is 30.3 Å². The molecule has 1 atom stereocenters. The number of nitrogens with one attached hydrogen (secondary N) is 1. The first-order valence-electron chi connectivity index (χ1n) is 12.6. The molecule has 1 unspecified atom stereocenters. The van der Waals surface area contributed by atoms with Gasteiger partial charge in [-0.15, -0.1) is 0 Å². The lowest BCUT2D eigenvalue weighted by Crippen LogP contribution is -2.62. The number of nitrogens with zero attached hydrogens (tertiary/aromatic N) is 2. The number of carbonyl (C=O) groups excluding carboxylic acids is 1. The fourth-order valence-electron chi connectivity index (χ4n) is 7.88. The molecule has 1 N–H and O–H groups in total. The highest BCUT2D eigenvalue weighted by Crippen LogP contribution is 2.55. The van der Waals surface area contributed by atoms with E-state index >= 15 is 0 Å². The average molecular weight is 454 g/mol. The van der Waals surface area contributed by atoms with Crippen LogP contribution in [-0.2, 0) is 11.2 Å². The first-order valence-corrected chi connectivity index (χ1v) is 13.0. The van der Waals surface area contributed by atoms with Crippen LogP contribution < -0.4 is 5.32 Å². The van der Waals surface area contributed by atoms with Gasteiger partial charge in [-0.1, -0.05) is 30.3 Å². The van der Waals surface area contributed by atoms with Gasteiger partial charge in [0.05, 0.1) is 6.04 Å². The number of amides is 1. The van der Waals surface area contributed by atoms with Crippen LogP contribution >= 0.6 is 12.2 Å². The minimum Gasteiger partial charge on any atom is -0.447 e. The van der Waals surface area contributed by atoms with Crippen molar-refractivity contribution < 1.29 is 9.53 Å². The third kappa shape index (κ3) is 3.89. The second-order valence-electron chi connectivity index (χ2n) is 11.2. The number of rotatable bonds is 4. The van der Waals surface area contributed by atoms with Crippen LogP contribution in [0.1, 0.15) is 56.9 Å². The van der Waals surface area contributed by atoms with E-state index in [-0.39, 0.29) is 23.7 Å². The molecule has 6 fully saturated rings. The molecule has 1 aromatic carbocycles. The van der Waals surface area contributed by atoms with Crippen LogP contribution in [-0.4, -0.2) is 58.3 Å². The Morgan fingerprint density at radius 3 is 2.28 bits per heavy atom. The van der Waals surface area contributed by atoms with Crippen LogP contribution in [0.3, 0.4) is 0 Å². The summed E-state index contributed by atoms with van der Waals surface area (Å²) in [6, 6.07) is 10.8. The van der Waals surface area contributed by atoms with Crippen molar-refractivity contribution in [1.82, 2.24) is 15.1 Å². The summed E-state index contributed by atoms with van der Waals surface area (Å²) < 4.78 is 5.47. The molecular weight excluding hydrogens is 418 g/mol. The molecule has 2 aliphatic heterocycles. The molecule has 172 valence electrons. The Kier molecular flexibility index (Phi) is 5.32. The monoisotopic (exact) mass is 453 g/mol. The Morgan fingerprint density at radius 1 is 1.03 bits per heavy atom. The highest BCUT2D eigenvalue weighted by molar-refractivity contribution is 7.80. The maximum absolute atomic E-state index is 12.6. The Morgan fingerprint density at radius 2 is 1.66 bits per heavy atom. The molecule has 6 aliphatic rings. The van der Waals surface area contributed by atoms with Crippen molar-refractivity contribution in [1.29, 1.82) is 0 Å². The summed E-state index contributed by atoms with van der Waals surface area (Å²) in [7, 11) is 0. The first-order chi connectivity index (χ1) is 15.6. The summed E-state index contributed by atoms with van der Waals surface area (Å²) >= 11 is 5.93.